The Morgan fingerprint density at radius 1 is 1.11 bits per heavy atom. The number of carbonyl (C=O) groups is 1. The molecule has 0 spiro atoms. The Kier molecular flexibility index (Phi) is 10.2. The molecule has 2 aromatic carbocycles. The van der Waals surface area contributed by atoms with Gasteiger partial charge in [0.15, 0.2) is 8.32 Å². The van der Waals surface area contributed by atoms with Gasteiger partial charge in [0.05, 0.1) is 14.2 Å². The van der Waals surface area contributed by atoms with Crippen LogP contribution in [0, 0.1) is 0 Å². The molecule has 0 fully saturated rings. The van der Waals surface area contributed by atoms with Gasteiger partial charge < -0.3 is 13.9 Å². The van der Waals surface area contributed by atoms with Crippen LogP contribution in [0.15, 0.2) is 48.5 Å². The zero-order valence-electron chi connectivity index (χ0n) is 23.8. The van der Waals surface area contributed by atoms with E-state index < -0.39 is 8.32 Å². The molecule has 0 bridgehead atoms. The number of aryl methyl sites for hydroxylation is 1. The molecule has 0 saturated carbocycles. The van der Waals surface area contributed by atoms with Gasteiger partial charge in [0.1, 0.15) is 5.75 Å². The molecule has 1 atom stereocenters. The van der Waals surface area contributed by atoms with Crippen molar-refractivity contribution in [2.75, 3.05) is 33.9 Å². The number of ether oxygens (including phenoxy) is 2. The third kappa shape index (κ3) is 7.79. The first-order valence-electron chi connectivity index (χ1n) is 13.4. The standard InChI is InChI=1S/C31H45NO4Si/c1-31(2,3)37(6,7)36-22-10-20-32(21-19-25-11-8-9-12-29(25)34-4)28-17-15-26-23-24(13-16-27(26)28)14-18-30(33)35-5/h8-9,11-14,16,18,23,28H,10,15,17,19-22H2,1-7H3. The van der Waals surface area contributed by atoms with Crippen LogP contribution in [-0.4, -0.2) is 53.1 Å². The summed E-state index contributed by atoms with van der Waals surface area (Å²) in [5.74, 6) is 0.623. The van der Waals surface area contributed by atoms with E-state index in [0.717, 1.165) is 56.7 Å². The summed E-state index contributed by atoms with van der Waals surface area (Å²) >= 11 is 0. The molecule has 5 nitrogen and oxygen atoms in total. The number of fused-ring (bicyclic) bond motifs is 1. The van der Waals surface area contributed by atoms with Crippen molar-refractivity contribution in [3.63, 3.8) is 0 Å². The number of para-hydroxylation sites is 1. The fourth-order valence-electron chi connectivity index (χ4n) is 4.74. The quantitative estimate of drug-likeness (QED) is 0.132. The van der Waals surface area contributed by atoms with Gasteiger partial charge in [-0.1, -0.05) is 57.2 Å². The molecule has 0 aliphatic heterocycles. The lowest BCUT2D eigenvalue weighted by Gasteiger charge is -2.36. The lowest BCUT2D eigenvalue weighted by molar-refractivity contribution is -0.134. The molecule has 202 valence electrons. The first-order valence-corrected chi connectivity index (χ1v) is 16.4. The van der Waals surface area contributed by atoms with Crippen LogP contribution in [0.3, 0.4) is 0 Å². The van der Waals surface area contributed by atoms with Gasteiger partial charge in [-0.3, -0.25) is 4.90 Å². The predicted molar refractivity (Wildman–Crippen MR) is 155 cm³/mol. The molecule has 1 aliphatic rings. The Balaban J connectivity index is 1.74. The van der Waals surface area contributed by atoms with Gasteiger partial charge in [-0.15, -0.1) is 0 Å². The van der Waals surface area contributed by atoms with E-state index in [0.29, 0.717) is 6.04 Å². The van der Waals surface area contributed by atoms with Crippen molar-refractivity contribution < 1.29 is 18.7 Å². The number of hydrogen-bond donors (Lipinski definition) is 0. The summed E-state index contributed by atoms with van der Waals surface area (Å²) in [5, 5.41) is 0.223. The molecule has 0 heterocycles. The van der Waals surface area contributed by atoms with E-state index in [1.165, 1.54) is 29.9 Å². The van der Waals surface area contributed by atoms with E-state index >= 15 is 0 Å². The number of benzene rings is 2. The summed E-state index contributed by atoms with van der Waals surface area (Å²) in [6, 6.07) is 15.3. The molecule has 0 N–H and O–H groups in total. The Morgan fingerprint density at radius 2 is 1.86 bits per heavy atom. The summed E-state index contributed by atoms with van der Waals surface area (Å²) in [6.45, 7) is 14.3. The lowest BCUT2D eigenvalue weighted by atomic mass is 10.0. The smallest absolute Gasteiger partial charge is 0.330 e. The van der Waals surface area contributed by atoms with E-state index in [-0.39, 0.29) is 11.0 Å². The molecule has 0 aromatic heterocycles. The maximum Gasteiger partial charge on any atom is 0.330 e. The van der Waals surface area contributed by atoms with Gasteiger partial charge in [-0.2, -0.15) is 0 Å². The van der Waals surface area contributed by atoms with Crippen LogP contribution < -0.4 is 4.74 Å². The summed E-state index contributed by atoms with van der Waals surface area (Å²) in [4.78, 5) is 14.1. The molecule has 0 saturated heterocycles. The fourth-order valence-corrected chi connectivity index (χ4v) is 5.83. The number of esters is 1. The summed E-state index contributed by atoms with van der Waals surface area (Å²) in [6.07, 6.45) is 7.43. The SMILES string of the molecule is COC(=O)C=Cc1ccc2c(c1)CCC2N(CCCO[Si](C)(C)C(C)(C)C)CCc1ccccc1OC. The van der Waals surface area contributed by atoms with Gasteiger partial charge in [0, 0.05) is 31.8 Å². The van der Waals surface area contributed by atoms with Crippen LogP contribution in [0.25, 0.3) is 6.08 Å². The molecule has 0 amide bonds. The maximum atomic E-state index is 11.5. The number of nitrogens with zero attached hydrogens (tertiary/aromatic N) is 1. The first-order chi connectivity index (χ1) is 17.6. The van der Waals surface area contributed by atoms with Crippen molar-refractivity contribution >= 4 is 20.4 Å². The largest absolute Gasteiger partial charge is 0.496 e. The van der Waals surface area contributed by atoms with Crippen LogP contribution in [0.5, 0.6) is 5.75 Å². The second kappa shape index (κ2) is 12.9. The number of methoxy groups -OCH3 is 2. The molecule has 0 radical (unpaired) electrons. The molecule has 1 unspecified atom stereocenters. The van der Waals surface area contributed by atoms with Crippen molar-refractivity contribution in [2.45, 2.75) is 70.6 Å². The van der Waals surface area contributed by atoms with Crippen molar-refractivity contribution in [1.29, 1.82) is 0 Å². The van der Waals surface area contributed by atoms with E-state index in [1.807, 2.05) is 18.2 Å². The minimum Gasteiger partial charge on any atom is -0.496 e. The predicted octanol–water partition coefficient (Wildman–Crippen LogP) is 6.83. The van der Waals surface area contributed by atoms with Gasteiger partial charge >= 0.3 is 5.97 Å². The van der Waals surface area contributed by atoms with Gasteiger partial charge in [0.2, 0.25) is 0 Å². The van der Waals surface area contributed by atoms with Crippen molar-refractivity contribution in [3.05, 3.63) is 70.8 Å². The maximum absolute atomic E-state index is 11.5. The van der Waals surface area contributed by atoms with Crippen LogP contribution in [0.4, 0.5) is 0 Å². The number of carbonyl (C=O) groups excluding carboxylic acids is 1. The molecule has 2 aromatic rings. The normalized spacial score (nSPS) is 15.8. The van der Waals surface area contributed by atoms with Crippen LogP contribution in [0.1, 0.15) is 61.9 Å². The number of hydrogen-bond acceptors (Lipinski definition) is 5. The van der Waals surface area contributed by atoms with Crippen molar-refractivity contribution in [2.24, 2.45) is 0 Å². The molecular weight excluding hydrogens is 478 g/mol. The zero-order valence-corrected chi connectivity index (χ0v) is 24.8. The average Bonchev–Trinajstić information content (AvgIpc) is 3.29. The summed E-state index contributed by atoms with van der Waals surface area (Å²) < 4.78 is 16.8. The van der Waals surface area contributed by atoms with Crippen LogP contribution in [-0.2, 0) is 26.8 Å². The van der Waals surface area contributed by atoms with Gasteiger partial charge in [-0.25, -0.2) is 4.79 Å². The van der Waals surface area contributed by atoms with Crippen molar-refractivity contribution in [3.8, 4) is 5.75 Å². The minimum absolute atomic E-state index is 0.223. The Morgan fingerprint density at radius 3 is 2.57 bits per heavy atom. The van der Waals surface area contributed by atoms with E-state index in [4.69, 9.17) is 13.9 Å². The highest BCUT2D eigenvalue weighted by Crippen LogP contribution is 2.38. The Hall–Kier alpha value is -2.41. The molecular formula is C31H45NO4Si. The highest BCUT2D eigenvalue weighted by atomic mass is 28.4. The van der Waals surface area contributed by atoms with Gasteiger partial charge in [-0.05, 0) is 78.2 Å². The second-order valence-corrected chi connectivity index (χ2v) is 16.2. The van der Waals surface area contributed by atoms with Crippen molar-refractivity contribution in [1.82, 2.24) is 4.90 Å². The second-order valence-electron chi connectivity index (χ2n) is 11.4. The third-order valence-corrected chi connectivity index (χ3v) is 12.5. The highest BCUT2D eigenvalue weighted by Gasteiger charge is 2.37. The van der Waals surface area contributed by atoms with Crippen LogP contribution >= 0.6 is 0 Å². The van der Waals surface area contributed by atoms with E-state index in [1.54, 1.807) is 7.11 Å². The lowest BCUT2D eigenvalue weighted by Crippen LogP contribution is -2.41. The average molecular weight is 524 g/mol. The summed E-state index contributed by atoms with van der Waals surface area (Å²) in [5.41, 5.74) is 5.06. The molecule has 3 rings (SSSR count). The topological polar surface area (TPSA) is 48.0 Å². The summed E-state index contributed by atoms with van der Waals surface area (Å²) in [7, 11) is 1.39. The Labute approximate surface area is 224 Å². The number of rotatable bonds is 12. The fraction of sp³-hybridized carbons (Fsp3) is 0.516. The van der Waals surface area contributed by atoms with Gasteiger partial charge in [0.25, 0.3) is 0 Å². The zero-order chi connectivity index (χ0) is 27.1. The van der Waals surface area contributed by atoms with Crippen LogP contribution in [0.2, 0.25) is 18.1 Å². The Bertz CT molecular complexity index is 1070. The third-order valence-electron chi connectivity index (χ3n) is 7.99. The molecule has 6 heteroatoms. The van der Waals surface area contributed by atoms with E-state index in [2.05, 4.69) is 69.1 Å². The minimum atomic E-state index is -1.75. The first kappa shape index (κ1) is 29.1. The monoisotopic (exact) mass is 523 g/mol. The van der Waals surface area contributed by atoms with E-state index in [9.17, 15) is 4.79 Å². The molecule has 1 aliphatic carbocycles. The molecule has 37 heavy (non-hydrogen) atoms. The highest BCUT2D eigenvalue weighted by molar-refractivity contribution is 6.74.